The molecule has 3 rings (SSSR count). The Bertz CT molecular complexity index is 521. The molecule has 1 fully saturated rings. The summed E-state index contributed by atoms with van der Waals surface area (Å²) in [5, 5.41) is 0. The summed E-state index contributed by atoms with van der Waals surface area (Å²) in [5.74, 6) is 1.71. The lowest BCUT2D eigenvalue weighted by molar-refractivity contribution is 0.279. The summed E-state index contributed by atoms with van der Waals surface area (Å²) in [6.45, 7) is 2.28. The number of unbranched alkanes of at least 4 members (excludes halogenated alkanes) is 2. The molecule has 1 aromatic rings. The van der Waals surface area contributed by atoms with Gasteiger partial charge in [0, 0.05) is 0 Å². The number of hydrogen-bond acceptors (Lipinski definition) is 0. The highest BCUT2D eigenvalue weighted by Gasteiger charge is 2.25. The van der Waals surface area contributed by atoms with E-state index in [0.717, 1.165) is 30.2 Å². The van der Waals surface area contributed by atoms with E-state index in [4.69, 9.17) is 0 Å². The summed E-state index contributed by atoms with van der Waals surface area (Å²) in [6.07, 6.45) is 15.2. The Morgan fingerprint density at radius 2 is 1.91 bits per heavy atom. The van der Waals surface area contributed by atoms with Gasteiger partial charge in [0.2, 0.25) is 0 Å². The van der Waals surface area contributed by atoms with E-state index in [1.807, 2.05) is 6.07 Å². The van der Waals surface area contributed by atoms with Gasteiger partial charge in [-0.15, -0.1) is 0 Å². The minimum Gasteiger partial charge on any atom is -0.207 e. The molecule has 0 radical (unpaired) electrons. The van der Waals surface area contributed by atoms with E-state index < -0.39 is 0 Å². The molecule has 22 heavy (non-hydrogen) atoms. The van der Waals surface area contributed by atoms with Crippen molar-refractivity contribution < 1.29 is 4.39 Å². The van der Waals surface area contributed by atoms with Crippen LogP contribution in [0.4, 0.5) is 4.39 Å². The van der Waals surface area contributed by atoms with Crippen LogP contribution in [0.1, 0.15) is 69.4 Å². The van der Waals surface area contributed by atoms with Gasteiger partial charge in [-0.1, -0.05) is 56.4 Å². The predicted molar refractivity (Wildman–Crippen MR) is 91.5 cm³/mol. The van der Waals surface area contributed by atoms with Crippen molar-refractivity contribution in [1.29, 1.82) is 0 Å². The third-order valence-corrected chi connectivity index (χ3v) is 5.77. The number of rotatable bonds is 5. The maximum atomic E-state index is 13.8. The average molecular weight is 300 g/mol. The fourth-order valence-corrected chi connectivity index (χ4v) is 4.34. The molecule has 0 aromatic heterocycles. The fraction of sp³-hybridized carbons (Fsp3) is 0.619. The molecule has 0 bridgehead atoms. The van der Waals surface area contributed by atoms with Crippen molar-refractivity contribution in [2.75, 3.05) is 0 Å². The van der Waals surface area contributed by atoms with Gasteiger partial charge in [-0.25, -0.2) is 4.39 Å². The van der Waals surface area contributed by atoms with E-state index in [-0.39, 0.29) is 5.82 Å². The SMILES string of the molecule is CCCCCC1CCC(C2=CCc3c(F)cccc3C2)CC1. The van der Waals surface area contributed by atoms with Crippen molar-refractivity contribution in [3.63, 3.8) is 0 Å². The minimum absolute atomic E-state index is 0.0209. The molecular weight excluding hydrogens is 271 g/mol. The molecule has 0 unspecified atom stereocenters. The van der Waals surface area contributed by atoms with Crippen LogP contribution in [-0.2, 0) is 12.8 Å². The monoisotopic (exact) mass is 300 g/mol. The molecule has 0 N–H and O–H groups in total. The van der Waals surface area contributed by atoms with Crippen LogP contribution in [0.5, 0.6) is 0 Å². The zero-order valence-electron chi connectivity index (χ0n) is 13.9. The molecule has 1 heteroatoms. The van der Waals surface area contributed by atoms with Crippen LogP contribution in [-0.4, -0.2) is 0 Å². The van der Waals surface area contributed by atoms with Crippen LogP contribution in [0, 0.1) is 17.7 Å². The Balaban J connectivity index is 1.54. The molecule has 0 nitrogen and oxygen atoms in total. The molecule has 0 heterocycles. The van der Waals surface area contributed by atoms with Crippen LogP contribution < -0.4 is 0 Å². The van der Waals surface area contributed by atoms with Gasteiger partial charge >= 0.3 is 0 Å². The van der Waals surface area contributed by atoms with Crippen LogP contribution in [0.2, 0.25) is 0 Å². The van der Waals surface area contributed by atoms with Crippen LogP contribution >= 0.6 is 0 Å². The Labute approximate surface area is 134 Å². The average Bonchev–Trinajstić information content (AvgIpc) is 2.56. The Kier molecular flexibility index (Phi) is 5.33. The van der Waals surface area contributed by atoms with Crippen LogP contribution in [0.3, 0.4) is 0 Å². The van der Waals surface area contributed by atoms with Crippen molar-refractivity contribution in [2.45, 2.75) is 71.1 Å². The second kappa shape index (κ2) is 7.44. The molecule has 0 atom stereocenters. The van der Waals surface area contributed by atoms with Gasteiger partial charge in [0.05, 0.1) is 0 Å². The fourth-order valence-electron chi connectivity index (χ4n) is 4.34. The number of fused-ring (bicyclic) bond motifs is 1. The van der Waals surface area contributed by atoms with E-state index in [2.05, 4.69) is 19.1 Å². The maximum Gasteiger partial charge on any atom is 0.126 e. The second-order valence-electron chi connectivity index (χ2n) is 7.25. The van der Waals surface area contributed by atoms with Crippen molar-refractivity contribution in [3.8, 4) is 0 Å². The van der Waals surface area contributed by atoms with Gasteiger partial charge in [0.1, 0.15) is 5.82 Å². The molecule has 1 aromatic carbocycles. The third-order valence-electron chi connectivity index (χ3n) is 5.77. The maximum absolute atomic E-state index is 13.8. The number of halogens is 1. The van der Waals surface area contributed by atoms with Crippen molar-refractivity contribution >= 4 is 0 Å². The highest BCUT2D eigenvalue weighted by molar-refractivity contribution is 5.38. The lowest BCUT2D eigenvalue weighted by Crippen LogP contribution is -2.19. The van der Waals surface area contributed by atoms with E-state index >= 15 is 0 Å². The van der Waals surface area contributed by atoms with Gasteiger partial charge in [0.15, 0.2) is 0 Å². The van der Waals surface area contributed by atoms with Gasteiger partial charge in [-0.05, 0) is 67.6 Å². The Hall–Kier alpha value is -1.11. The first-order chi connectivity index (χ1) is 10.8. The first-order valence-corrected chi connectivity index (χ1v) is 9.23. The molecule has 2 aliphatic rings. The zero-order valence-corrected chi connectivity index (χ0v) is 13.9. The lowest BCUT2D eigenvalue weighted by atomic mass is 9.74. The topological polar surface area (TPSA) is 0 Å². The summed E-state index contributed by atoms with van der Waals surface area (Å²) in [4.78, 5) is 0. The first-order valence-electron chi connectivity index (χ1n) is 9.23. The van der Waals surface area contributed by atoms with Gasteiger partial charge in [0.25, 0.3) is 0 Å². The Morgan fingerprint density at radius 3 is 2.68 bits per heavy atom. The summed E-state index contributed by atoms with van der Waals surface area (Å²) < 4.78 is 13.8. The van der Waals surface area contributed by atoms with Crippen LogP contribution in [0.25, 0.3) is 0 Å². The highest BCUT2D eigenvalue weighted by Crippen LogP contribution is 2.38. The molecule has 1 saturated carbocycles. The number of benzene rings is 1. The smallest absolute Gasteiger partial charge is 0.126 e. The molecule has 0 amide bonds. The van der Waals surface area contributed by atoms with E-state index in [9.17, 15) is 4.39 Å². The molecule has 120 valence electrons. The van der Waals surface area contributed by atoms with Gasteiger partial charge in [-0.2, -0.15) is 0 Å². The van der Waals surface area contributed by atoms with Gasteiger partial charge < -0.3 is 0 Å². The van der Waals surface area contributed by atoms with E-state index in [1.54, 1.807) is 11.6 Å². The summed E-state index contributed by atoms with van der Waals surface area (Å²) >= 11 is 0. The standard InChI is InChI=1S/C21H29F/c1-2-3-4-6-16-9-11-17(12-10-16)18-13-14-20-19(15-18)7-5-8-21(20)22/h5,7-8,13,16-17H,2-4,6,9-12,14-15H2,1H3. The van der Waals surface area contributed by atoms with Crippen LogP contribution in [0.15, 0.2) is 29.8 Å². The minimum atomic E-state index is -0.0209. The third kappa shape index (κ3) is 3.62. The van der Waals surface area contributed by atoms with Gasteiger partial charge in [-0.3, -0.25) is 0 Å². The first kappa shape index (κ1) is 15.8. The molecule has 0 spiro atoms. The van der Waals surface area contributed by atoms with Crippen molar-refractivity contribution in [3.05, 3.63) is 46.8 Å². The number of allylic oxidation sites excluding steroid dienone is 2. The summed E-state index contributed by atoms with van der Waals surface area (Å²) in [5.41, 5.74) is 3.74. The molecule has 0 aliphatic heterocycles. The number of hydrogen-bond donors (Lipinski definition) is 0. The molecular formula is C21H29F. The predicted octanol–water partition coefficient (Wildman–Crippen LogP) is 6.24. The quantitative estimate of drug-likeness (QED) is 0.446. The highest BCUT2D eigenvalue weighted by atomic mass is 19.1. The summed E-state index contributed by atoms with van der Waals surface area (Å²) in [6, 6.07) is 5.57. The van der Waals surface area contributed by atoms with Crippen molar-refractivity contribution in [2.24, 2.45) is 11.8 Å². The largest absolute Gasteiger partial charge is 0.207 e. The zero-order chi connectivity index (χ0) is 15.4. The molecule has 2 aliphatic carbocycles. The lowest BCUT2D eigenvalue weighted by Gasteiger charge is -2.32. The normalized spacial score (nSPS) is 24.7. The molecule has 0 saturated heterocycles. The van der Waals surface area contributed by atoms with E-state index in [0.29, 0.717) is 0 Å². The Morgan fingerprint density at radius 1 is 1.09 bits per heavy atom. The van der Waals surface area contributed by atoms with E-state index in [1.165, 1.54) is 56.9 Å². The second-order valence-corrected chi connectivity index (χ2v) is 7.25. The summed E-state index contributed by atoms with van der Waals surface area (Å²) in [7, 11) is 0. The van der Waals surface area contributed by atoms with Crippen molar-refractivity contribution in [1.82, 2.24) is 0 Å².